The predicted molar refractivity (Wildman–Crippen MR) is 123 cm³/mol. The first-order chi connectivity index (χ1) is 16.3. The summed E-state index contributed by atoms with van der Waals surface area (Å²) in [6.45, 7) is 4.00. The molecule has 0 saturated carbocycles. The van der Waals surface area contributed by atoms with E-state index in [2.05, 4.69) is 0 Å². The van der Waals surface area contributed by atoms with Gasteiger partial charge in [0.15, 0.2) is 6.10 Å². The van der Waals surface area contributed by atoms with Crippen LogP contribution in [-0.4, -0.2) is 52.9 Å². The minimum Gasteiger partial charge on any atom is -0.444 e. The van der Waals surface area contributed by atoms with E-state index in [9.17, 15) is 27.9 Å². The Morgan fingerprint density at radius 2 is 1.66 bits per heavy atom. The Balaban J connectivity index is 2.29. The molecular weight excluding hydrogens is 465 g/mol. The monoisotopic (exact) mass is 496 g/mol. The molecule has 0 bridgehead atoms. The van der Waals surface area contributed by atoms with Crippen molar-refractivity contribution in [1.82, 2.24) is 4.90 Å². The molecule has 0 saturated heterocycles. The zero-order valence-electron chi connectivity index (χ0n) is 19.9. The molecule has 2 rings (SSSR count). The van der Waals surface area contributed by atoms with Crippen molar-refractivity contribution < 1.29 is 37.3 Å². The molecule has 2 amide bonds. The molecule has 0 spiro atoms. The Labute approximate surface area is 202 Å². The molecule has 0 heterocycles. The predicted octanol–water partition coefficient (Wildman–Crippen LogP) is 3.92. The highest BCUT2D eigenvalue weighted by molar-refractivity contribution is 5.80. The maximum absolute atomic E-state index is 13.1. The van der Waals surface area contributed by atoms with E-state index in [4.69, 9.17) is 15.2 Å². The number of alkyl halides is 3. The number of primary amides is 1. The molecule has 3 N–H and O–H groups in total. The third-order valence-electron chi connectivity index (χ3n) is 4.98. The fraction of sp³-hybridized carbons (Fsp3) is 0.440. The van der Waals surface area contributed by atoms with Gasteiger partial charge in [-0.15, -0.1) is 0 Å². The molecule has 0 aliphatic rings. The number of halogens is 3. The molecule has 35 heavy (non-hydrogen) atoms. The van der Waals surface area contributed by atoms with Crippen LogP contribution in [0.1, 0.15) is 37.5 Å². The third-order valence-corrected chi connectivity index (χ3v) is 4.98. The minimum atomic E-state index is -4.54. The van der Waals surface area contributed by atoms with Gasteiger partial charge in [0.2, 0.25) is 5.91 Å². The van der Waals surface area contributed by atoms with Crippen molar-refractivity contribution >= 4 is 12.0 Å². The molecule has 0 aliphatic heterocycles. The summed E-state index contributed by atoms with van der Waals surface area (Å²) < 4.78 is 50.5. The summed E-state index contributed by atoms with van der Waals surface area (Å²) in [4.78, 5) is 26.2. The second-order valence-electron chi connectivity index (χ2n) is 9.06. The Morgan fingerprint density at radius 3 is 2.20 bits per heavy atom. The topological polar surface area (TPSA) is 102 Å². The van der Waals surface area contributed by atoms with Crippen LogP contribution in [0.3, 0.4) is 0 Å². The fourth-order valence-corrected chi connectivity index (χ4v) is 3.29. The first kappa shape index (κ1) is 28.1. The molecule has 0 aliphatic carbocycles. The van der Waals surface area contributed by atoms with Gasteiger partial charge in [-0.05, 0) is 44.4 Å². The summed E-state index contributed by atoms with van der Waals surface area (Å²) >= 11 is 0. The van der Waals surface area contributed by atoms with E-state index in [0.29, 0.717) is 0 Å². The average molecular weight is 497 g/mol. The van der Waals surface area contributed by atoms with E-state index in [0.717, 1.165) is 22.6 Å². The van der Waals surface area contributed by atoms with Crippen molar-refractivity contribution in [3.05, 3.63) is 71.3 Å². The lowest BCUT2D eigenvalue weighted by molar-refractivity contribution is -0.137. The summed E-state index contributed by atoms with van der Waals surface area (Å²) in [6.07, 6.45) is -6.78. The van der Waals surface area contributed by atoms with Crippen molar-refractivity contribution in [2.75, 3.05) is 13.2 Å². The number of carbonyl (C=O) groups is 2. The number of nitrogens with zero attached hydrogens (tertiary/aromatic N) is 1. The minimum absolute atomic E-state index is 0.0357. The van der Waals surface area contributed by atoms with Crippen LogP contribution >= 0.6 is 0 Å². The van der Waals surface area contributed by atoms with Crippen LogP contribution in [0.4, 0.5) is 18.0 Å². The van der Waals surface area contributed by atoms with E-state index >= 15 is 0 Å². The fourth-order valence-electron chi connectivity index (χ4n) is 3.29. The quantitative estimate of drug-likeness (QED) is 0.519. The molecule has 1 unspecified atom stereocenters. The van der Waals surface area contributed by atoms with Gasteiger partial charge in [0.1, 0.15) is 5.60 Å². The molecule has 7 nitrogen and oxygen atoms in total. The van der Waals surface area contributed by atoms with E-state index in [-0.39, 0.29) is 25.1 Å². The normalized spacial score (nSPS) is 13.7. The summed E-state index contributed by atoms with van der Waals surface area (Å²) in [7, 11) is 0. The number of amides is 2. The number of rotatable bonds is 10. The van der Waals surface area contributed by atoms with Crippen LogP contribution in [0.2, 0.25) is 0 Å². The number of benzene rings is 2. The first-order valence-corrected chi connectivity index (χ1v) is 11.0. The van der Waals surface area contributed by atoms with E-state index < -0.39 is 48.1 Å². The van der Waals surface area contributed by atoms with Crippen molar-refractivity contribution in [3.8, 4) is 0 Å². The summed E-state index contributed by atoms with van der Waals surface area (Å²) in [5.41, 5.74) is 4.77. The Kier molecular flexibility index (Phi) is 9.67. The zero-order valence-corrected chi connectivity index (χ0v) is 19.9. The number of nitrogens with two attached hydrogens (primary N) is 1. The molecule has 2 atom stereocenters. The van der Waals surface area contributed by atoms with Crippen LogP contribution < -0.4 is 5.73 Å². The number of aliphatic hydroxyl groups is 1. The number of ether oxygens (including phenoxy) is 2. The Bertz CT molecular complexity index is 977. The van der Waals surface area contributed by atoms with Crippen LogP contribution in [0.15, 0.2) is 54.6 Å². The average Bonchev–Trinajstić information content (AvgIpc) is 2.77. The number of hydrogen-bond acceptors (Lipinski definition) is 5. The second kappa shape index (κ2) is 12.0. The van der Waals surface area contributed by atoms with Crippen LogP contribution in [0.5, 0.6) is 0 Å². The SMILES string of the molecule is CC(C)(C)OC(=O)N(CC(OCc1ccccc1)C(N)=O)[C@@H](CO)Cc1cccc(C(F)(F)F)c1. The highest BCUT2D eigenvalue weighted by Gasteiger charge is 2.34. The van der Waals surface area contributed by atoms with Gasteiger partial charge < -0.3 is 20.3 Å². The summed E-state index contributed by atoms with van der Waals surface area (Å²) in [5, 5.41) is 10.1. The van der Waals surface area contributed by atoms with Gasteiger partial charge in [0.05, 0.1) is 31.4 Å². The molecule has 10 heteroatoms. The van der Waals surface area contributed by atoms with Gasteiger partial charge in [0, 0.05) is 0 Å². The van der Waals surface area contributed by atoms with Gasteiger partial charge in [-0.2, -0.15) is 13.2 Å². The Hall–Kier alpha value is -3.11. The number of carbonyl (C=O) groups excluding carboxylic acids is 2. The van der Waals surface area contributed by atoms with Gasteiger partial charge in [-0.3, -0.25) is 9.69 Å². The van der Waals surface area contributed by atoms with Crippen molar-refractivity contribution in [1.29, 1.82) is 0 Å². The van der Waals surface area contributed by atoms with Crippen LogP contribution in [0.25, 0.3) is 0 Å². The van der Waals surface area contributed by atoms with Crippen molar-refractivity contribution in [2.45, 2.75) is 57.7 Å². The van der Waals surface area contributed by atoms with Crippen LogP contribution in [-0.2, 0) is 33.5 Å². The van der Waals surface area contributed by atoms with Crippen molar-refractivity contribution in [2.24, 2.45) is 5.73 Å². The summed E-state index contributed by atoms with van der Waals surface area (Å²) in [6, 6.07) is 12.6. The third kappa shape index (κ3) is 9.22. The summed E-state index contributed by atoms with van der Waals surface area (Å²) in [5.74, 6) is -0.842. The maximum atomic E-state index is 13.1. The second-order valence-corrected chi connectivity index (χ2v) is 9.06. The lowest BCUT2D eigenvalue weighted by atomic mass is 10.0. The van der Waals surface area contributed by atoms with E-state index in [1.807, 2.05) is 6.07 Å². The lowest BCUT2D eigenvalue weighted by Crippen LogP contribution is -2.52. The number of aliphatic hydroxyl groups excluding tert-OH is 1. The van der Waals surface area contributed by atoms with Crippen LogP contribution in [0, 0.1) is 0 Å². The molecule has 2 aromatic rings. The van der Waals surface area contributed by atoms with E-state index in [1.165, 1.54) is 12.1 Å². The molecule has 0 fully saturated rings. The lowest BCUT2D eigenvalue weighted by Gasteiger charge is -2.34. The molecule has 192 valence electrons. The van der Waals surface area contributed by atoms with Gasteiger partial charge in [0.25, 0.3) is 0 Å². The molecular formula is C25H31F3N2O5. The van der Waals surface area contributed by atoms with Gasteiger partial charge in [-0.25, -0.2) is 4.79 Å². The van der Waals surface area contributed by atoms with E-state index in [1.54, 1.807) is 45.0 Å². The van der Waals surface area contributed by atoms with Crippen molar-refractivity contribution in [3.63, 3.8) is 0 Å². The molecule has 2 aromatic carbocycles. The largest absolute Gasteiger partial charge is 0.444 e. The first-order valence-electron chi connectivity index (χ1n) is 11.0. The smallest absolute Gasteiger partial charge is 0.416 e. The maximum Gasteiger partial charge on any atom is 0.416 e. The Morgan fingerprint density at radius 1 is 1.03 bits per heavy atom. The van der Waals surface area contributed by atoms with Gasteiger partial charge >= 0.3 is 12.3 Å². The molecule has 0 radical (unpaired) electrons. The standard InChI is InChI=1S/C25H31F3N2O5/c1-24(2,3)35-23(33)30(14-21(22(29)32)34-16-17-8-5-4-6-9-17)20(15-31)13-18-10-7-11-19(12-18)25(26,27)28/h4-12,20-21,31H,13-16H2,1-3H3,(H2,29,32)/t20-,21?/m1/s1. The zero-order chi connectivity index (χ0) is 26.2. The molecule has 0 aromatic heterocycles. The highest BCUT2D eigenvalue weighted by Crippen LogP contribution is 2.30. The number of hydrogen-bond donors (Lipinski definition) is 2. The van der Waals surface area contributed by atoms with Gasteiger partial charge in [-0.1, -0.05) is 48.5 Å². The highest BCUT2D eigenvalue weighted by atomic mass is 19.4.